The summed E-state index contributed by atoms with van der Waals surface area (Å²) in [6.45, 7) is 5.31. The number of aliphatic hydroxyl groups is 1. The molecule has 4 bridgehead atoms. The first-order valence-electron chi connectivity index (χ1n) is 12.2. The maximum Gasteiger partial charge on any atom is 0.408 e. The minimum atomic E-state index is -0.890. The van der Waals surface area contributed by atoms with Crippen LogP contribution in [0.25, 0.3) is 0 Å². The number of rotatable bonds is 7. The molecule has 4 aliphatic rings. The van der Waals surface area contributed by atoms with Crippen molar-refractivity contribution >= 4 is 17.9 Å². The molecule has 4 saturated carbocycles. The third-order valence-electron chi connectivity index (χ3n) is 7.53. The Morgan fingerprint density at radius 1 is 1.09 bits per heavy atom. The van der Waals surface area contributed by atoms with E-state index in [2.05, 4.69) is 10.6 Å². The van der Waals surface area contributed by atoms with Crippen LogP contribution in [-0.4, -0.2) is 40.3 Å². The molecule has 0 aromatic heterocycles. The van der Waals surface area contributed by atoms with Crippen molar-refractivity contribution in [3.63, 3.8) is 0 Å². The Hall–Kier alpha value is -2.61. The van der Waals surface area contributed by atoms with Crippen LogP contribution in [0.2, 0.25) is 0 Å². The van der Waals surface area contributed by atoms with Crippen molar-refractivity contribution in [2.45, 2.75) is 89.0 Å². The molecule has 0 saturated heterocycles. The summed E-state index contributed by atoms with van der Waals surface area (Å²) >= 11 is 0. The van der Waals surface area contributed by atoms with Gasteiger partial charge in [0.2, 0.25) is 11.8 Å². The fraction of sp³-hybridized carbons (Fsp3) is 0.654. The van der Waals surface area contributed by atoms with Crippen LogP contribution in [-0.2, 0) is 14.3 Å². The number of amides is 3. The van der Waals surface area contributed by atoms with Crippen LogP contribution in [0, 0.1) is 17.3 Å². The zero-order chi connectivity index (χ0) is 24.7. The van der Waals surface area contributed by atoms with Crippen LogP contribution < -0.4 is 16.4 Å². The van der Waals surface area contributed by atoms with Gasteiger partial charge >= 0.3 is 6.09 Å². The second-order valence-electron chi connectivity index (χ2n) is 11.8. The summed E-state index contributed by atoms with van der Waals surface area (Å²) in [6.07, 6.45) is 3.84. The highest BCUT2D eigenvalue weighted by molar-refractivity contribution is 5.87. The van der Waals surface area contributed by atoms with Crippen molar-refractivity contribution in [1.82, 2.24) is 10.6 Å². The predicted molar refractivity (Wildman–Crippen MR) is 126 cm³/mol. The van der Waals surface area contributed by atoms with E-state index in [1.807, 2.05) is 30.3 Å². The lowest BCUT2D eigenvalue weighted by Crippen LogP contribution is -2.66. The molecular formula is C26H37N3O5. The molecule has 186 valence electrons. The SMILES string of the molecule is CC(C)(C)OC(=O)N[C@@H](C(=O)N[C@@H](CC(N)=O)c1ccccc1)C12CC3CC(CC(O)(C3)C1)C2. The van der Waals surface area contributed by atoms with Gasteiger partial charge in [-0.05, 0) is 76.7 Å². The first kappa shape index (κ1) is 24.5. The molecule has 4 aliphatic carbocycles. The van der Waals surface area contributed by atoms with Gasteiger partial charge in [0.05, 0.1) is 18.1 Å². The molecule has 1 aromatic rings. The zero-order valence-electron chi connectivity index (χ0n) is 20.3. The van der Waals surface area contributed by atoms with E-state index < -0.39 is 40.7 Å². The molecule has 2 unspecified atom stereocenters. The van der Waals surface area contributed by atoms with Crippen molar-refractivity contribution in [2.75, 3.05) is 0 Å². The van der Waals surface area contributed by atoms with E-state index in [0.717, 1.165) is 37.7 Å². The van der Waals surface area contributed by atoms with Crippen molar-refractivity contribution in [3.8, 4) is 0 Å². The number of alkyl carbamates (subject to hydrolysis) is 1. The van der Waals surface area contributed by atoms with E-state index in [9.17, 15) is 19.5 Å². The highest BCUT2D eigenvalue weighted by atomic mass is 16.6. The highest BCUT2D eigenvalue weighted by Crippen LogP contribution is 2.62. The number of hydrogen-bond acceptors (Lipinski definition) is 5. The minimum absolute atomic E-state index is 0.0584. The lowest BCUT2D eigenvalue weighted by molar-refractivity contribution is -0.177. The minimum Gasteiger partial charge on any atom is -0.444 e. The number of nitrogens with one attached hydrogen (secondary N) is 2. The Morgan fingerprint density at radius 3 is 2.24 bits per heavy atom. The molecule has 8 heteroatoms. The van der Waals surface area contributed by atoms with Crippen LogP contribution in [0.15, 0.2) is 30.3 Å². The van der Waals surface area contributed by atoms with Crippen molar-refractivity contribution < 1.29 is 24.2 Å². The van der Waals surface area contributed by atoms with Gasteiger partial charge in [0, 0.05) is 5.41 Å². The molecule has 8 nitrogen and oxygen atoms in total. The van der Waals surface area contributed by atoms with Gasteiger partial charge in [-0.15, -0.1) is 0 Å². The number of carbonyl (C=O) groups excluding carboxylic acids is 3. The van der Waals surface area contributed by atoms with Gasteiger partial charge in [-0.1, -0.05) is 30.3 Å². The second-order valence-corrected chi connectivity index (χ2v) is 11.8. The highest BCUT2D eigenvalue weighted by Gasteiger charge is 2.61. The van der Waals surface area contributed by atoms with Crippen LogP contribution >= 0.6 is 0 Å². The van der Waals surface area contributed by atoms with E-state index in [4.69, 9.17) is 10.5 Å². The van der Waals surface area contributed by atoms with Crippen molar-refractivity contribution in [2.24, 2.45) is 23.0 Å². The molecule has 0 spiro atoms. The Labute approximate surface area is 201 Å². The van der Waals surface area contributed by atoms with E-state index >= 15 is 0 Å². The van der Waals surface area contributed by atoms with Crippen LogP contribution in [0.5, 0.6) is 0 Å². The summed E-state index contributed by atoms with van der Waals surface area (Å²) in [5, 5.41) is 17.1. The number of hydrogen-bond donors (Lipinski definition) is 4. The average molecular weight is 472 g/mol. The normalized spacial score (nSPS) is 31.4. The topological polar surface area (TPSA) is 131 Å². The van der Waals surface area contributed by atoms with E-state index in [-0.39, 0.29) is 12.3 Å². The molecule has 3 amide bonds. The van der Waals surface area contributed by atoms with Crippen LogP contribution in [0.3, 0.4) is 0 Å². The predicted octanol–water partition coefficient (Wildman–Crippen LogP) is 2.94. The Balaban J connectivity index is 1.63. The second kappa shape index (κ2) is 8.87. The van der Waals surface area contributed by atoms with E-state index in [1.165, 1.54) is 0 Å². The van der Waals surface area contributed by atoms with Crippen LogP contribution in [0.4, 0.5) is 4.79 Å². The van der Waals surface area contributed by atoms with Crippen LogP contribution in [0.1, 0.15) is 77.3 Å². The van der Waals surface area contributed by atoms with Gasteiger partial charge in [-0.25, -0.2) is 4.79 Å². The lowest BCUT2D eigenvalue weighted by Gasteiger charge is -2.62. The van der Waals surface area contributed by atoms with Gasteiger partial charge in [-0.2, -0.15) is 0 Å². The average Bonchev–Trinajstić information content (AvgIpc) is 2.68. The smallest absolute Gasteiger partial charge is 0.408 e. The first-order chi connectivity index (χ1) is 15.9. The molecule has 0 heterocycles. The number of carbonyl (C=O) groups is 3. The van der Waals surface area contributed by atoms with Gasteiger partial charge < -0.3 is 26.2 Å². The standard InChI is InChI=1S/C26H37N3O5/c1-24(2,3)34-23(32)29-21(25-11-16-9-17(12-25)14-26(33,13-16)15-25)22(31)28-19(10-20(27)30)18-7-5-4-6-8-18/h4-8,16-17,19,21,33H,9-15H2,1-3H3,(H2,27,30)(H,28,31)(H,29,32)/t16?,17?,19-,21-,25?,26?/m0/s1. The Morgan fingerprint density at radius 2 is 1.71 bits per heavy atom. The number of ether oxygens (including phenoxy) is 1. The summed E-state index contributed by atoms with van der Waals surface area (Å²) in [5.41, 5.74) is 4.16. The zero-order valence-corrected chi connectivity index (χ0v) is 20.3. The third kappa shape index (κ3) is 5.37. The summed E-state index contributed by atoms with van der Waals surface area (Å²) in [4.78, 5) is 38.4. The molecule has 34 heavy (non-hydrogen) atoms. The van der Waals surface area contributed by atoms with Crippen molar-refractivity contribution in [3.05, 3.63) is 35.9 Å². The summed E-state index contributed by atoms with van der Waals surface area (Å²) in [5.74, 6) is -0.253. The molecule has 4 fully saturated rings. The quantitative estimate of drug-likeness (QED) is 0.486. The molecule has 4 atom stereocenters. The summed E-state index contributed by atoms with van der Waals surface area (Å²) < 4.78 is 5.49. The van der Waals surface area contributed by atoms with Gasteiger partial charge in [0.15, 0.2) is 0 Å². The number of primary amides is 1. The maximum atomic E-state index is 13.8. The molecule has 5 rings (SSSR count). The fourth-order valence-electron chi connectivity index (χ4n) is 6.94. The molecule has 1 aromatic carbocycles. The third-order valence-corrected chi connectivity index (χ3v) is 7.53. The van der Waals surface area contributed by atoms with Gasteiger partial charge in [0.1, 0.15) is 11.6 Å². The maximum absolute atomic E-state index is 13.8. The van der Waals surface area contributed by atoms with Gasteiger partial charge in [-0.3, -0.25) is 9.59 Å². The number of benzene rings is 1. The lowest BCUT2D eigenvalue weighted by atomic mass is 9.46. The summed E-state index contributed by atoms with van der Waals surface area (Å²) in [6, 6.07) is 7.68. The van der Waals surface area contributed by atoms with E-state index in [0.29, 0.717) is 18.3 Å². The molecule has 5 N–H and O–H groups in total. The first-order valence-corrected chi connectivity index (χ1v) is 12.2. The van der Waals surface area contributed by atoms with Gasteiger partial charge in [0.25, 0.3) is 0 Å². The molecule has 0 aliphatic heterocycles. The molecule has 0 radical (unpaired) electrons. The van der Waals surface area contributed by atoms with Crippen molar-refractivity contribution in [1.29, 1.82) is 0 Å². The Kier molecular flexibility index (Phi) is 6.40. The monoisotopic (exact) mass is 471 g/mol. The Bertz CT molecular complexity index is 928. The fourth-order valence-corrected chi connectivity index (χ4v) is 6.94. The largest absolute Gasteiger partial charge is 0.444 e. The molecular weight excluding hydrogens is 434 g/mol. The summed E-state index contributed by atoms with van der Waals surface area (Å²) in [7, 11) is 0. The van der Waals surface area contributed by atoms with E-state index in [1.54, 1.807) is 20.8 Å². The number of nitrogens with two attached hydrogens (primary N) is 1.